The summed E-state index contributed by atoms with van der Waals surface area (Å²) in [5.41, 5.74) is 4.87. The number of ether oxygens (including phenoxy) is 1. The van der Waals surface area contributed by atoms with Gasteiger partial charge in [0.1, 0.15) is 5.75 Å². The number of hydrogen-bond donors (Lipinski definition) is 1. The van der Waals surface area contributed by atoms with Gasteiger partial charge in [0.2, 0.25) is 10.0 Å². The second kappa shape index (κ2) is 11.7. The summed E-state index contributed by atoms with van der Waals surface area (Å²) in [6.07, 6.45) is 3.61. The van der Waals surface area contributed by atoms with Crippen LogP contribution in [0.2, 0.25) is 5.02 Å². The minimum atomic E-state index is -3.55. The molecule has 3 aromatic rings. The Morgan fingerprint density at radius 2 is 1.68 bits per heavy atom. The molecule has 0 aliphatic carbocycles. The van der Waals surface area contributed by atoms with Crippen LogP contribution in [0.4, 0.5) is 5.69 Å². The molecule has 0 aliphatic rings. The molecule has 3 rings (SSSR count). The van der Waals surface area contributed by atoms with Crippen LogP contribution in [0, 0.1) is 0 Å². The number of amides is 1. The molecule has 0 spiro atoms. The average molecular weight is 500 g/mol. The summed E-state index contributed by atoms with van der Waals surface area (Å²) in [5.74, 6) is 0.372. The third-order valence-corrected chi connectivity index (χ3v) is 6.18. The second-order valence-corrected chi connectivity index (χ2v) is 9.90. The molecule has 0 bridgehead atoms. The number of hydrogen-bond acceptors (Lipinski definition) is 5. The number of hydrazone groups is 1. The zero-order valence-electron chi connectivity index (χ0n) is 18.9. The zero-order valence-corrected chi connectivity index (χ0v) is 20.5. The standard InChI is InChI=1S/C25H26ClN3O4S/c1-3-16-33-24-14-6-19(7-15-24)17-27-28-25(30)21-8-12-23(13-9-21)29(34(2,31)32)18-20-4-10-22(26)11-5-20/h4-15,17H,3,16,18H2,1-2H3,(H,28,30)/b27-17-. The lowest BCUT2D eigenvalue weighted by Crippen LogP contribution is -2.29. The predicted molar refractivity (Wildman–Crippen MR) is 136 cm³/mol. The van der Waals surface area contributed by atoms with Crippen molar-refractivity contribution in [3.05, 3.63) is 94.5 Å². The van der Waals surface area contributed by atoms with E-state index >= 15 is 0 Å². The van der Waals surface area contributed by atoms with E-state index in [2.05, 4.69) is 10.5 Å². The first-order valence-corrected chi connectivity index (χ1v) is 12.9. The van der Waals surface area contributed by atoms with E-state index in [1.807, 2.05) is 31.2 Å². The van der Waals surface area contributed by atoms with Crippen LogP contribution in [0.1, 0.15) is 34.8 Å². The number of rotatable bonds is 10. The fourth-order valence-corrected chi connectivity index (χ4v) is 4.05. The summed E-state index contributed by atoms with van der Waals surface area (Å²) in [5, 5.41) is 4.56. The summed E-state index contributed by atoms with van der Waals surface area (Å²) in [6, 6.07) is 20.6. The van der Waals surface area contributed by atoms with Gasteiger partial charge < -0.3 is 4.74 Å². The largest absolute Gasteiger partial charge is 0.494 e. The van der Waals surface area contributed by atoms with Gasteiger partial charge in [-0.2, -0.15) is 5.10 Å². The van der Waals surface area contributed by atoms with Crippen LogP contribution in [-0.2, 0) is 16.6 Å². The molecule has 0 heterocycles. The van der Waals surface area contributed by atoms with Crippen LogP contribution in [-0.4, -0.2) is 33.4 Å². The van der Waals surface area contributed by atoms with Crippen molar-refractivity contribution in [1.29, 1.82) is 0 Å². The van der Waals surface area contributed by atoms with Crippen LogP contribution < -0.4 is 14.5 Å². The van der Waals surface area contributed by atoms with Gasteiger partial charge in [0.25, 0.3) is 5.91 Å². The first kappa shape index (κ1) is 25.3. The number of nitrogens with zero attached hydrogens (tertiary/aromatic N) is 2. The van der Waals surface area contributed by atoms with E-state index < -0.39 is 15.9 Å². The number of carbonyl (C=O) groups is 1. The van der Waals surface area contributed by atoms with Gasteiger partial charge in [0.05, 0.1) is 31.3 Å². The van der Waals surface area contributed by atoms with E-state index in [0.29, 0.717) is 22.9 Å². The molecule has 0 radical (unpaired) electrons. The molecule has 0 unspecified atom stereocenters. The Morgan fingerprint density at radius 3 is 2.26 bits per heavy atom. The molecule has 0 saturated carbocycles. The second-order valence-electron chi connectivity index (χ2n) is 7.56. The van der Waals surface area contributed by atoms with E-state index in [-0.39, 0.29) is 6.54 Å². The van der Waals surface area contributed by atoms with E-state index in [0.717, 1.165) is 29.6 Å². The fraction of sp³-hybridized carbons (Fsp3) is 0.200. The molecule has 178 valence electrons. The van der Waals surface area contributed by atoms with Crippen molar-refractivity contribution >= 4 is 39.4 Å². The average Bonchev–Trinajstić information content (AvgIpc) is 2.82. The highest BCUT2D eigenvalue weighted by Crippen LogP contribution is 2.22. The molecule has 3 aromatic carbocycles. The lowest BCUT2D eigenvalue weighted by Gasteiger charge is -2.22. The molecule has 1 N–H and O–H groups in total. The Bertz CT molecular complexity index is 1230. The number of sulfonamides is 1. The summed E-state index contributed by atoms with van der Waals surface area (Å²) >= 11 is 5.91. The van der Waals surface area contributed by atoms with Crippen molar-refractivity contribution in [2.75, 3.05) is 17.2 Å². The Balaban J connectivity index is 1.64. The summed E-state index contributed by atoms with van der Waals surface area (Å²) in [4.78, 5) is 12.4. The molecule has 9 heteroatoms. The van der Waals surface area contributed by atoms with Gasteiger partial charge in [-0.3, -0.25) is 9.10 Å². The van der Waals surface area contributed by atoms with Crippen LogP contribution in [0.5, 0.6) is 5.75 Å². The molecular formula is C25H26ClN3O4S. The third-order valence-electron chi connectivity index (χ3n) is 4.79. The van der Waals surface area contributed by atoms with Crippen molar-refractivity contribution in [2.45, 2.75) is 19.9 Å². The Labute approximate surface area is 205 Å². The molecule has 0 saturated heterocycles. The van der Waals surface area contributed by atoms with Crippen molar-refractivity contribution in [3.8, 4) is 5.75 Å². The lowest BCUT2D eigenvalue weighted by molar-refractivity contribution is 0.0955. The molecule has 34 heavy (non-hydrogen) atoms. The monoisotopic (exact) mass is 499 g/mol. The van der Waals surface area contributed by atoms with Gasteiger partial charge in [-0.25, -0.2) is 13.8 Å². The van der Waals surface area contributed by atoms with Gasteiger partial charge in [-0.05, 0) is 78.2 Å². The molecule has 0 atom stereocenters. The minimum Gasteiger partial charge on any atom is -0.494 e. The molecule has 7 nitrogen and oxygen atoms in total. The highest BCUT2D eigenvalue weighted by molar-refractivity contribution is 7.92. The molecular weight excluding hydrogens is 474 g/mol. The Hall–Kier alpha value is -3.36. The highest BCUT2D eigenvalue weighted by atomic mass is 35.5. The number of benzene rings is 3. The summed E-state index contributed by atoms with van der Waals surface area (Å²) in [7, 11) is -3.55. The van der Waals surface area contributed by atoms with Crippen LogP contribution in [0.15, 0.2) is 77.9 Å². The predicted octanol–water partition coefficient (Wildman–Crippen LogP) is 4.86. The van der Waals surface area contributed by atoms with Crippen molar-refractivity contribution in [2.24, 2.45) is 5.10 Å². The fourth-order valence-electron chi connectivity index (χ4n) is 3.03. The lowest BCUT2D eigenvalue weighted by atomic mass is 10.2. The maximum atomic E-state index is 12.4. The molecule has 0 aliphatic heterocycles. The third kappa shape index (κ3) is 7.33. The molecule has 1 amide bonds. The van der Waals surface area contributed by atoms with Crippen molar-refractivity contribution in [1.82, 2.24) is 5.43 Å². The maximum Gasteiger partial charge on any atom is 0.271 e. The van der Waals surface area contributed by atoms with Gasteiger partial charge in [0.15, 0.2) is 0 Å². The zero-order chi connectivity index (χ0) is 24.6. The number of halogens is 1. The molecule has 0 fully saturated rings. The number of nitrogens with one attached hydrogen (secondary N) is 1. The normalized spacial score (nSPS) is 11.4. The van der Waals surface area contributed by atoms with Crippen LogP contribution in [0.3, 0.4) is 0 Å². The molecule has 0 aromatic heterocycles. The highest BCUT2D eigenvalue weighted by Gasteiger charge is 2.18. The van der Waals surface area contributed by atoms with Gasteiger partial charge >= 0.3 is 0 Å². The van der Waals surface area contributed by atoms with E-state index in [4.69, 9.17) is 16.3 Å². The van der Waals surface area contributed by atoms with E-state index in [9.17, 15) is 13.2 Å². The van der Waals surface area contributed by atoms with Gasteiger partial charge in [-0.1, -0.05) is 30.7 Å². The minimum absolute atomic E-state index is 0.147. The number of carbonyl (C=O) groups excluding carboxylic acids is 1. The number of anilines is 1. The SMILES string of the molecule is CCCOc1ccc(/C=N\NC(=O)c2ccc(N(Cc3ccc(Cl)cc3)S(C)(=O)=O)cc2)cc1. The quantitative estimate of drug-likeness (QED) is 0.319. The van der Waals surface area contributed by atoms with Gasteiger partial charge in [-0.15, -0.1) is 0 Å². The van der Waals surface area contributed by atoms with Crippen molar-refractivity contribution < 1.29 is 17.9 Å². The van der Waals surface area contributed by atoms with Gasteiger partial charge in [0, 0.05) is 10.6 Å². The maximum absolute atomic E-state index is 12.4. The van der Waals surface area contributed by atoms with Crippen molar-refractivity contribution in [3.63, 3.8) is 0 Å². The van der Waals surface area contributed by atoms with Crippen LogP contribution in [0.25, 0.3) is 0 Å². The Kier molecular flexibility index (Phi) is 8.67. The first-order chi connectivity index (χ1) is 16.3. The summed E-state index contributed by atoms with van der Waals surface area (Å²) in [6.45, 7) is 2.85. The summed E-state index contributed by atoms with van der Waals surface area (Å²) < 4.78 is 31.5. The Morgan fingerprint density at radius 1 is 1.03 bits per heavy atom. The van der Waals surface area contributed by atoms with Crippen LogP contribution >= 0.6 is 11.6 Å². The topological polar surface area (TPSA) is 88.1 Å². The first-order valence-electron chi connectivity index (χ1n) is 10.6. The van der Waals surface area contributed by atoms with E-state index in [1.165, 1.54) is 10.5 Å². The smallest absolute Gasteiger partial charge is 0.271 e. The van der Waals surface area contributed by atoms with E-state index in [1.54, 1.807) is 48.5 Å².